The zero-order valence-corrected chi connectivity index (χ0v) is 15.9. The Bertz CT molecular complexity index is 1220. The maximum Gasteiger partial charge on any atom is 0.433 e. The third-order valence-corrected chi connectivity index (χ3v) is 5.54. The molecule has 3 aromatic heterocycles. The normalized spacial score (nSPS) is 16.0. The summed E-state index contributed by atoms with van der Waals surface area (Å²) < 4.78 is 46.8. The number of aromatic nitrogens is 6. The van der Waals surface area contributed by atoms with Gasteiger partial charge in [0.15, 0.2) is 0 Å². The molecule has 1 N–H and O–H groups in total. The van der Waals surface area contributed by atoms with Gasteiger partial charge in [-0.05, 0) is 17.7 Å². The van der Waals surface area contributed by atoms with Crippen molar-refractivity contribution in [1.82, 2.24) is 29.9 Å². The maximum absolute atomic E-state index is 13.1. The van der Waals surface area contributed by atoms with Gasteiger partial charge in [0.1, 0.15) is 23.5 Å². The molecule has 0 radical (unpaired) electrons. The Balaban J connectivity index is 1.56. The van der Waals surface area contributed by atoms with E-state index in [2.05, 4.69) is 25.4 Å². The number of halogens is 3. The summed E-state index contributed by atoms with van der Waals surface area (Å²) >= 11 is 0. The molecule has 1 aliphatic rings. The molecular formula is C20H17F3N6O. The molecule has 154 valence electrons. The molecule has 0 atom stereocenters. The maximum atomic E-state index is 13.1. The zero-order chi connectivity index (χ0) is 20.9. The summed E-state index contributed by atoms with van der Waals surface area (Å²) in [5.41, 5.74) is 1.44. The number of hydrogen-bond donors (Lipinski definition) is 1. The summed E-state index contributed by atoms with van der Waals surface area (Å²) in [5, 5.41) is 15.5. The van der Waals surface area contributed by atoms with Crippen LogP contribution in [0.1, 0.15) is 17.1 Å². The molecule has 4 aromatic rings. The number of ether oxygens (including phenoxy) is 1. The molecule has 0 aliphatic carbocycles. The fourth-order valence-corrected chi connectivity index (χ4v) is 3.78. The van der Waals surface area contributed by atoms with Gasteiger partial charge in [-0.2, -0.15) is 18.3 Å². The first-order valence-corrected chi connectivity index (χ1v) is 9.29. The van der Waals surface area contributed by atoms with Gasteiger partial charge in [-0.15, -0.1) is 10.2 Å². The SMILES string of the molecule is Cn1cnnc1CC1(c2cccc(-c3n[nH]c4cnc(C(F)(F)F)cc34)c2)COC1. The van der Waals surface area contributed by atoms with Crippen LogP contribution in [0.3, 0.4) is 0 Å². The van der Waals surface area contributed by atoms with Crippen molar-refractivity contribution in [2.24, 2.45) is 7.05 Å². The number of benzene rings is 1. The molecule has 7 nitrogen and oxygen atoms in total. The first-order valence-electron chi connectivity index (χ1n) is 9.29. The number of nitrogens with zero attached hydrogens (tertiary/aromatic N) is 5. The van der Waals surface area contributed by atoms with Crippen molar-refractivity contribution in [3.63, 3.8) is 0 Å². The molecule has 4 heterocycles. The molecule has 0 spiro atoms. The number of aromatic amines is 1. The summed E-state index contributed by atoms with van der Waals surface area (Å²) in [5.74, 6) is 0.842. The van der Waals surface area contributed by atoms with Gasteiger partial charge >= 0.3 is 6.18 Å². The minimum absolute atomic E-state index is 0.262. The molecule has 0 amide bonds. The Morgan fingerprint density at radius 1 is 1.23 bits per heavy atom. The van der Waals surface area contributed by atoms with Crippen LogP contribution in [-0.4, -0.2) is 43.2 Å². The predicted octanol–water partition coefficient (Wildman–Crippen LogP) is 3.28. The monoisotopic (exact) mass is 414 g/mol. The predicted molar refractivity (Wildman–Crippen MR) is 102 cm³/mol. The lowest BCUT2D eigenvalue weighted by Crippen LogP contribution is -2.49. The van der Waals surface area contributed by atoms with E-state index >= 15 is 0 Å². The van der Waals surface area contributed by atoms with Crippen LogP contribution in [0, 0.1) is 0 Å². The van der Waals surface area contributed by atoms with Gasteiger partial charge in [-0.3, -0.25) is 5.10 Å². The van der Waals surface area contributed by atoms with Crippen molar-refractivity contribution >= 4 is 10.9 Å². The number of alkyl halides is 3. The highest BCUT2D eigenvalue weighted by Crippen LogP contribution is 2.38. The number of nitrogens with one attached hydrogen (secondary N) is 1. The molecule has 1 aliphatic heterocycles. The summed E-state index contributed by atoms with van der Waals surface area (Å²) in [7, 11) is 1.89. The van der Waals surface area contributed by atoms with Crippen LogP contribution in [0.2, 0.25) is 0 Å². The fourth-order valence-electron chi connectivity index (χ4n) is 3.78. The Labute approximate surface area is 168 Å². The van der Waals surface area contributed by atoms with Crippen LogP contribution in [0.4, 0.5) is 13.2 Å². The topological polar surface area (TPSA) is 81.5 Å². The van der Waals surface area contributed by atoms with E-state index in [1.165, 1.54) is 0 Å². The lowest BCUT2D eigenvalue weighted by molar-refractivity contribution is -0.141. The van der Waals surface area contributed by atoms with Gasteiger partial charge < -0.3 is 9.30 Å². The average Bonchev–Trinajstić information content (AvgIpc) is 3.29. The summed E-state index contributed by atoms with van der Waals surface area (Å²) in [4.78, 5) is 3.49. The van der Waals surface area contributed by atoms with E-state index in [0.29, 0.717) is 36.2 Å². The molecular weight excluding hydrogens is 397 g/mol. The number of rotatable bonds is 4. The molecule has 30 heavy (non-hydrogen) atoms. The number of aryl methyl sites for hydroxylation is 1. The van der Waals surface area contributed by atoms with E-state index in [-0.39, 0.29) is 5.41 Å². The van der Waals surface area contributed by atoms with Gasteiger partial charge in [-0.25, -0.2) is 4.98 Å². The lowest BCUT2D eigenvalue weighted by Gasteiger charge is -2.41. The van der Waals surface area contributed by atoms with Gasteiger partial charge in [0, 0.05) is 29.8 Å². The third-order valence-electron chi connectivity index (χ3n) is 5.54. The van der Waals surface area contributed by atoms with E-state index in [1.54, 1.807) is 6.33 Å². The Morgan fingerprint density at radius 3 is 2.73 bits per heavy atom. The Hall–Kier alpha value is -3.27. The number of H-pyrrole nitrogens is 1. The molecule has 5 rings (SSSR count). The molecule has 1 saturated heterocycles. The second kappa shape index (κ2) is 6.63. The third kappa shape index (κ3) is 3.04. The van der Waals surface area contributed by atoms with Crippen LogP contribution >= 0.6 is 0 Å². The quantitative estimate of drug-likeness (QED) is 0.554. The highest BCUT2D eigenvalue weighted by molar-refractivity contribution is 5.92. The first-order chi connectivity index (χ1) is 14.4. The van der Waals surface area contributed by atoms with Crippen molar-refractivity contribution in [2.75, 3.05) is 13.2 Å². The number of fused-ring (bicyclic) bond motifs is 1. The van der Waals surface area contributed by atoms with Crippen LogP contribution in [0.15, 0.2) is 42.9 Å². The van der Waals surface area contributed by atoms with Crippen LogP contribution in [-0.2, 0) is 29.8 Å². The largest absolute Gasteiger partial charge is 0.433 e. The van der Waals surface area contributed by atoms with E-state index in [1.807, 2.05) is 35.9 Å². The van der Waals surface area contributed by atoms with Gasteiger partial charge in [0.2, 0.25) is 0 Å². The highest BCUT2D eigenvalue weighted by Gasteiger charge is 2.42. The van der Waals surface area contributed by atoms with Crippen LogP contribution in [0.5, 0.6) is 0 Å². The first kappa shape index (κ1) is 18.7. The lowest BCUT2D eigenvalue weighted by atomic mass is 9.75. The van der Waals surface area contributed by atoms with E-state index in [4.69, 9.17) is 4.74 Å². The van der Waals surface area contributed by atoms with E-state index < -0.39 is 11.9 Å². The highest BCUT2D eigenvalue weighted by atomic mass is 19.4. The van der Waals surface area contributed by atoms with Crippen LogP contribution < -0.4 is 0 Å². The number of hydrogen-bond acceptors (Lipinski definition) is 5. The summed E-state index contributed by atoms with van der Waals surface area (Å²) in [6.45, 7) is 1.07. The van der Waals surface area contributed by atoms with Crippen molar-refractivity contribution in [3.8, 4) is 11.3 Å². The second-order valence-corrected chi connectivity index (χ2v) is 7.57. The second-order valence-electron chi connectivity index (χ2n) is 7.57. The molecule has 1 fully saturated rings. The van der Waals surface area contributed by atoms with Gasteiger partial charge in [0.05, 0.1) is 24.9 Å². The van der Waals surface area contributed by atoms with Crippen molar-refractivity contribution in [3.05, 3.63) is 59.9 Å². The minimum Gasteiger partial charge on any atom is -0.379 e. The molecule has 10 heteroatoms. The fraction of sp³-hybridized carbons (Fsp3) is 0.300. The molecule has 0 saturated carbocycles. The van der Waals surface area contributed by atoms with Crippen molar-refractivity contribution < 1.29 is 17.9 Å². The molecule has 1 aromatic carbocycles. The van der Waals surface area contributed by atoms with Crippen molar-refractivity contribution in [1.29, 1.82) is 0 Å². The molecule has 0 bridgehead atoms. The van der Waals surface area contributed by atoms with Crippen LogP contribution in [0.25, 0.3) is 22.2 Å². The van der Waals surface area contributed by atoms with Gasteiger partial charge in [0.25, 0.3) is 0 Å². The standard InChI is InChI=1S/C20H17F3N6O/c1-29-11-25-27-17(29)7-19(9-30-10-19)13-4-2-3-12(5-13)18-14-6-16(20(21,22)23)24-8-15(14)26-28-18/h2-6,8,11H,7,9-10H2,1H3,(H,26,28). The zero-order valence-electron chi connectivity index (χ0n) is 15.9. The Morgan fingerprint density at radius 2 is 2.07 bits per heavy atom. The number of pyridine rings is 1. The molecule has 0 unspecified atom stereocenters. The minimum atomic E-state index is -4.52. The van der Waals surface area contributed by atoms with E-state index in [0.717, 1.165) is 29.2 Å². The van der Waals surface area contributed by atoms with Gasteiger partial charge in [-0.1, -0.05) is 18.2 Å². The Kier molecular flexibility index (Phi) is 4.14. The average molecular weight is 414 g/mol. The summed E-state index contributed by atoms with van der Waals surface area (Å²) in [6, 6.07) is 8.71. The van der Waals surface area contributed by atoms with E-state index in [9.17, 15) is 13.2 Å². The smallest absolute Gasteiger partial charge is 0.379 e. The summed E-state index contributed by atoms with van der Waals surface area (Å²) in [6.07, 6.45) is -1.06. The van der Waals surface area contributed by atoms with Crippen molar-refractivity contribution in [2.45, 2.75) is 18.0 Å².